The van der Waals surface area contributed by atoms with Gasteiger partial charge in [0.15, 0.2) is 0 Å². The average Bonchev–Trinajstić information content (AvgIpc) is 2.18. The van der Waals surface area contributed by atoms with Gasteiger partial charge < -0.3 is 0 Å². The van der Waals surface area contributed by atoms with Crippen LogP contribution in [0.15, 0.2) is 36.4 Å². The molecular formula is C12H14CoN2. The molecular weight excluding hydrogens is 231 g/mol. The second-order valence-electron chi connectivity index (χ2n) is 3.33. The molecule has 0 spiro atoms. The molecule has 2 heterocycles. The van der Waals surface area contributed by atoms with Gasteiger partial charge in [0, 0.05) is 11.4 Å². The molecule has 0 aliphatic rings. The second-order valence-corrected chi connectivity index (χ2v) is 3.33. The van der Waals surface area contributed by atoms with Gasteiger partial charge in [0.05, 0.1) is 11.4 Å². The molecule has 0 saturated carbocycles. The number of rotatable bonds is 1. The van der Waals surface area contributed by atoms with Crippen LogP contribution in [0.4, 0.5) is 0 Å². The third-order valence-electron chi connectivity index (χ3n) is 2.04. The van der Waals surface area contributed by atoms with Gasteiger partial charge in [-0.3, -0.25) is 9.97 Å². The summed E-state index contributed by atoms with van der Waals surface area (Å²) in [5.74, 6) is 0. The molecule has 1 radical (unpaired) electrons. The van der Waals surface area contributed by atoms with Crippen molar-refractivity contribution < 1.29 is 16.8 Å². The van der Waals surface area contributed by atoms with E-state index in [-0.39, 0.29) is 16.8 Å². The third kappa shape index (κ3) is 2.88. The van der Waals surface area contributed by atoms with E-state index in [1.165, 1.54) is 0 Å². The molecule has 81 valence electrons. The van der Waals surface area contributed by atoms with Gasteiger partial charge in [-0.15, -0.1) is 0 Å². The molecule has 0 aliphatic carbocycles. The maximum absolute atomic E-state index is 4.42. The van der Waals surface area contributed by atoms with E-state index in [1.54, 1.807) is 0 Å². The number of nitrogens with zero attached hydrogens (tertiary/aromatic N) is 2. The van der Waals surface area contributed by atoms with E-state index >= 15 is 0 Å². The summed E-state index contributed by atoms with van der Waals surface area (Å²) in [6.45, 7) is 3.97. The first-order chi connectivity index (χ1) is 6.75. The number of aromatic nitrogens is 2. The third-order valence-corrected chi connectivity index (χ3v) is 2.04. The number of pyridine rings is 2. The van der Waals surface area contributed by atoms with Gasteiger partial charge in [0.2, 0.25) is 0 Å². The Bertz CT molecular complexity index is 411. The first kappa shape index (κ1) is 11.9. The molecule has 0 atom stereocenters. The molecule has 0 amide bonds. The van der Waals surface area contributed by atoms with Crippen LogP contribution in [0.2, 0.25) is 0 Å². The van der Waals surface area contributed by atoms with E-state index < -0.39 is 0 Å². The molecule has 0 fully saturated rings. The van der Waals surface area contributed by atoms with Gasteiger partial charge in [0.1, 0.15) is 0 Å². The predicted octanol–water partition coefficient (Wildman–Crippen LogP) is 2.22. The van der Waals surface area contributed by atoms with Crippen LogP contribution >= 0.6 is 0 Å². The van der Waals surface area contributed by atoms with Crippen molar-refractivity contribution in [2.24, 2.45) is 0 Å². The van der Waals surface area contributed by atoms with E-state index in [9.17, 15) is 0 Å². The minimum absolute atomic E-state index is 0. The first-order valence-corrected chi connectivity index (χ1v) is 4.63. The fourth-order valence-electron chi connectivity index (χ4n) is 1.37. The summed E-state index contributed by atoms with van der Waals surface area (Å²) in [6.07, 6.45) is 0. The maximum atomic E-state index is 4.42. The summed E-state index contributed by atoms with van der Waals surface area (Å²) in [5.41, 5.74) is 3.92. The Labute approximate surface area is 100.0 Å². The minimum atomic E-state index is 0. The van der Waals surface area contributed by atoms with Crippen molar-refractivity contribution in [1.82, 2.24) is 9.97 Å². The molecule has 0 aromatic carbocycles. The van der Waals surface area contributed by atoms with Crippen molar-refractivity contribution >= 4 is 0 Å². The van der Waals surface area contributed by atoms with Crippen LogP contribution in [0, 0.1) is 13.8 Å². The predicted molar refractivity (Wildman–Crippen MR) is 59.7 cm³/mol. The Balaban J connectivity index is 0.00000112. The van der Waals surface area contributed by atoms with Crippen LogP contribution in [0.5, 0.6) is 0 Å². The Morgan fingerprint density at radius 3 is 1.47 bits per heavy atom. The zero-order valence-electron chi connectivity index (χ0n) is 8.74. The summed E-state index contributed by atoms with van der Waals surface area (Å²) < 4.78 is 0. The molecule has 2 aromatic rings. The van der Waals surface area contributed by atoms with E-state index in [4.69, 9.17) is 0 Å². The number of aryl methyl sites for hydroxylation is 2. The van der Waals surface area contributed by atoms with E-state index in [2.05, 4.69) is 9.97 Å². The summed E-state index contributed by atoms with van der Waals surface area (Å²) >= 11 is 0. The second kappa shape index (κ2) is 5.05. The van der Waals surface area contributed by atoms with Crippen LogP contribution in [0.3, 0.4) is 0 Å². The molecule has 2 nitrogen and oxygen atoms in total. The average molecular weight is 245 g/mol. The van der Waals surface area contributed by atoms with Gasteiger partial charge in [-0.1, -0.05) is 12.1 Å². The van der Waals surface area contributed by atoms with E-state index in [0.717, 1.165) is 22.8 Å². The number of hydrogen-bond acceptors (Lipinski definition) is 2. The van der Waals surface area contributed by atoms with Gasteiger partial charge >= 0.3 is 16.8 Å². The first-order valence-electron chi connectivity index (χ1n) is 4.63. The SMILES string of the molecule is Cc1cccc(-c2cccc(C)n2)n1.[CoH2]. The molecule has 15 heavy (non-hydrogen) atoms. The van der Waals surface area contributed by atoms with Crippen molar-refractivity contribution in [3.8, 4) is 11.4 Å². The topological polar surface area (TPSA) is 25.8 Å². The zero-order chi connectivity index (χ0) is 9.97. The van der Waals surface area contributed by atoms with Crippen LogP contribution in [0.1, 0.15) is 11.4 Å². The van der Waals surface area contributed by atoms with Gasteiger partial charge in [-0.25, -0.2) is 0 Å². The molecule has 2 rings (SSSR count). The van der Waals surface area contributed by atoms with Crippen molar-refractivity contribution in [3.63, 3.8) is 0 Å². The van der Waals surface area contributed by atoms with Crippen LogP contribution in [-0.2, 0) is 16.8 Å². The zero-order valence-corrected chi connectivity index (χ0v) is 9.92. The van der Waals surface area contributed by atoms with Crippen molar-refractivity contribution in [2.45, 2.75) is 13.8 Å². The Morgan fingerprint density at radius 1 is 0.733 bits per heavy atom. The van der Waals surface area contributed by atoms with Crippen molar-refractivity contribution in [1.29, 1.82) is 0 Å². The number of hydrogen-bond donors (Lipinski definition) is 0. The Morgan fingerprint density at radius 2 is 1.13 bits per heavy atom. The van der Waals surface area contributed by atoms with E-state index in [0.29, 0.717) is 0 Å². The fraction of sp³-hybridized carbons (Fsp3) is 0.167. The fourth-order valence-corrected chi connectivity index (χ4v) is 1.37. The molecule has 0 N–H and O–H groups in total. The molecule has 0 aliphatic heterocycles. The standard InChI is InChI=1S/C12H12N2.Co.2H/c1-9-5-3-7-11(13-9)12-8-4-6-10(2)14-12;;;/h3-8H,1-2H3;;;. The molecule has 0 bridgehead atoms. The summed E-state index contributed by atoms with van der Waals surface area (Å²) in [5, 5.41) is 0. The monoisotopic (exact) mass is 245 g/mol. The van der Waals surface area contributed by atoms with Gasteiger partial charge in [-0.2, -0.15) is 0 Å². The summed E-state index contributed by atoms with van der Waals surface area (Å²) in [7, 11) is 0. The van der Waals surface area contributed by atoms with E-state index in [1.807, 2.05) is 50.2 Å². The molecule has 0 unspecified atom stereocenters. The Hall–Kier alpha value is -1.19. The molecule has 0 saturated heterocycles. The summed E-state index contributed by atoms with van der Waals surface area (Å²) in [6, 6.07) is 11.9. The van der Waals surface area contributed by atoms with Gasteiger partial charge in [-0.05, 0) is 38.1 Å². The van der Waals surface area contributed by atoms with Crippen LogP contribution in [0.25, 0.3) is 11.4 Å². The van der Waals surface area contributed by atoms with Crippen LogP contribution < -0.4 is 0 Å². The Kier molecular flexibility index (Phi) is 4.00. The quantitative estimate of drug-likeness (QED) is 0.769. The molecule has 2 aromatic heterocycles. The molecule has 3 heteroatoms. The van der Waals surface area contributed by atoms with Crippen molar-refractivity contribution in [2.75, 3.05) is 0 Å². The van der Waals surface area contributed by atoms with Gasteiger partial charge in [0.25, 0.3) is 0 Å². The van der Waals surface area contributed by atoms with Crippen LogP contribution in [-0.4, -0.2) is 9.97 Å². The summed E-state index contributed by atoms with van der Waals surface area (Å²) in [4.78, 5) is 8.84. The normalized spacial score (nSPS) is 9.47. The van der Waals surface area contributed by atoms with Crippen molar-refractivity contribution in [3.05, 3.63) is 47.8 Å².